The van der Waals surface area contributed by atoms with Crippen molar-refractivity contribution in [1.82, 2.24) is 0 Å². The summed E-state index contributed by atoms with van der Waals surface area (Å²) in [6.45, 7) is 5.21. The van der Waals surface area contributed by atoms with Crippen molar-refractivity contribution in [2.24, 2.45) is 0 Å². The van der Waals surface area contributed by atoms with E-state index >= 15 is 0 Å². The fourth-order valence-corrected chi connectivity index (χ4v) is 0.312. The zero-order valence-corrected chi connectivity index (χ0v) is 5.35. The Kier molecular flexibility index (Phi) is 3.46. The molecular formula is C6H8F2O2. The lowest BCUT2D eigenvalue weighted by atomic mass is 10.7. The SMILES string of the molecule is C=COCC(F)(F)OC=C. The number of rotatable bonds is 5. The van der Waals surface area contributed by atoms with Gasteiger partial charge in [0.2, 0.25) is 0 Å². The van der Waals surface area contributed by atoms with Crippen molar-refractivity contribution in [2.45, 2.75) is 6.11 Å². The average Bonchev–Trinajstić information content (AvgIpc) is 1.84. The Labute approximate surface area is 57.7 Å². The Morgan fingerprint density at radius 1 is 1.30 bits per heavy atom. The van der Waals surface area contributed by atoms with Gasteiger partial charge in [0.25, 0.3) is 0 Å². The maximum Gasteiger partial charge on any atom is 0.432 e. The van der Waals surface area contributed by atoms with Crippen LogP contribution in [0.25, 0.3) is 0 Å². The van der Waals surface area contributed by atoms with Crippen LogP contribution >= 0.6 is 0 Å². The van der Waals surface area contributed by atoms with Gasteiger partial charge < -0.3 is 9.47 Å². The van der Waals surface area contributed by atoms with Crippen LogP contribution in [0.4, 0.5) is 8.78 Å². The quantitative estimate of drug-likeness (QED) is 0.557. The molecule has 0 aliphatic heterocycles. The summed E-state index contributed by atoms with van der Waals surface area (Å²) in [6.07, 6.45) is -1.73. The lowest BCUT2D eigenvalue weighted by Crippen LogP contribution is -2.23. The first kappa shape index (κ1) is 8.94. The van der Waals surface area contributed by atoms with Gasteiger partial charge in [-0.15, -0.1) is 0 Å². The molecule has 0 amide bonds. The van der Waals surface area contributed by atoms with Gasteiger partial charge in [-0.1, -0.05) is 13.2 Å². The Hall–Kier alpha value is -1.06. The van der Waals surface area contributed by atoms with Crippen LogP contribution in [0, 0.1) is 0 Å². The van der Waals surface area contributed by atoms with E-state index in [1.165, 1.54) is 0 Å². The van der Waals surface area contributed by atoms with E-state index in [1.807, 2.05) is 0 Å². The molecule has 0 aromatic carbocycles. The molecule has 10 heavy (non-hydrogen) atoms. The summed E-state index contributed by atoms with van der Waals surface area (Å²) in [6, 6.07) is 0. The molecule has 58 valence electrons. The van der Waals surface area contributed by atoms with Crippen LogP contribution in [-0.2, 0) is 9.47 Å². The maximum absolute atomic E-state index is 12.1. The van der Waals surface area contributed by atoms with Gasteiger partial charge in [-0.3, -0.25) is 0 Å². The summed E-state index contributed by atoms with van der Waals surface area (Å²) < 4.78 is 32.3. The Bertz CT molecular complexity index is 123. The van der Waals surface area contributed by atoms with E-state index in [-0.39, 0.29) is 0 Å². The van der Waals surface area contributed by atoms with Crippen molar-refractivity contribution < 1.29 is 18.3 Å². The van der Waals surface area contributed by atoms with Crippen molar-refractivity contribution in [2.75, 3.05) is 6.61 Å². The van der Waals surface area contributed by atoms with Crippen molar-refractivity contribution in [1.29, 1.82) is 0 Å². The highest BCUT2D eigenvalue weighted by Crippen LogP contribution is 2.15. The molecule has 0 aromatic heterocycles. The molecule has 0 fully saturated rings. The molecule has 2 nitrogen and oxygen atoms in total. The molecular weight excluding hydrogens is 142 g/mol. The van der Waals surface area contributed by atoms with Gasteiger partial charge >= 0.3 is 6.11 Å². The summed E-state index contributed by atoms with van der Waals surface area (Å²) in [7, 11) is 0. The van der Waals surface area contributed by atoms with Gasteiger partial charge in [-0.05, 0) is 0 Å². The molecule has 0 atom stereocenters. The van der Waals surface area contributed by atoms with E-state index in [0.717, 1.165) is 6.26 Å². The lowest BCUT2D eigenvalue weighted by Gasteiger charge is -2.13. The highest BCUT2D eigenvalue weighted by molar-refractivity contribution is 4.60. The largest absolute Gasteiger partial charge is 0.491 e. The second kappa shape index (κ2) is 3.87. The fourth-order valence-electron chi connectivity index (χ4n) is 0.312. The van der Waals surface area contributed by atoms with Crippen LogP contribution in [0.15, 0.2) is 25.7 Å². The minimum absolute atomic E-state index is 0.659. The van der Waals surface area contributed by atoms with Crippen molar-refractivity contribution >= 4 is 0 Å². The molecule has 0 aromatic rings. The zero-order chi connectivity index (χ0) is 8.04. The van der Waals surface area contributed by atoms with E-state index in [9.17, 15) is 8.78 Å². The topological polar surface area (TPSA) is 18.5 Å². The first-order valence-corrected chi connectivity index (χ1v) is 2.51. The normalized spacial score (nSPS) is 10.2. The van der Waals surface area contributed by atoms with Crippen LogP contribution in [0.2, 0.25) is 0 Å². The number of ether oxygens (including phenoxy) is 2. The molecule has 0 N–H and O–H groups in total. The van der Waals surface area contributed by atoms with Gasteiger partial charge in [0.1, 0.15) is 0 Å². The van der Waals surface area contributed by atoms with Gasteiger partial charge in [0.15, 0.2) is 6.61 Å². The van der Waals surface area contributed by atoms with Crippen molar-refractivity contribution in [3.05, 3.63) is 25.7 Å². The number of hydrogen-bond donors (Lipinski definition) is 0. The van der Waals surface area contributed by atoms with Crippen LogP contribution < -0.4 is 0 Å². The molecule has 0 saturated carbocycles. The van der Waals surface area contributed by atoms with Gasteiger partial charge in [-0.2, -0.15) is 8.78 Å². The minimum atomic E-state index is -3.31. The maximum atomic E-state index is 12.1. The molecule has 0 rings (SSSR count). The third-order valence-electron chi connectivity index (χ3n) is 0.625. The van der Waals surface area contributed by atoms with Crippen LogP contribution in [-0.4, -0.2) is 12.7 Å². The first-order valence-electron chi connectivity index (χ1n) is 2.51. The predicted molar refractivity (Wildman–Crippen MR) is 32.4 cm³/mol. The van der Waals surface area contributed by atoms with Gasteiger partial charge in [0.05, 0.1) is 12.5 Å². The third kappa shape index (κ3) is 3.88. The van der Waals surface area contributed by atoms with E-state index < -0.39 is 12.7 Å². The summed E-state index contributed by atoms with van der Waals surface area (Å²) >= 11 is 0. The van der Waals surface area contributed by atoms with Crippen molar-refractivity contribution in [3.63, 3.8) is 0 Å². The van der Waals surface area contributed by atoms with E-state index in [0.29, 0.717) is 6.26 Å². The Morgan fingerprint density at radius 3 is 2.30 bits per heavy atom. The molecule has 0 heterocycles. The van der Waals surface area contributed by atoms with E-state index in [4.69, 9.17) is 0 Å². The number of halogens is 2. The molecule has 4 heteroatoms. The van der Waals surface area contributed by atoms with E-state index in [1.54, 1.807) is 0 Å². The zero-order valence-electron chi connectivity index (χ0n) is 5.35. The van der Waals surface area contributed by atoms with Gasteiger partial charge in [0, 0.05) is 0 Å². The summed E-state index contributed by atoms with van der Waals surface area (Å²) in [4.78, 5) is 0. The smallest absolute Gasteiger partial charge is 0.432 e. The molecule has 0 radical (unpaired) electrons. The van der Waals surface area contributed by atoms with Gasteiger partial charge in [-0.25, -0.2) is 0 Å². The summed E-state index contributed by atoms with van der Waals surface area (Å²) in [5, 5.41) is 0. The van der Waals surface area contributed by atoms with E-state index in [2.05, 4.69) is 22.6 Å². The molecule has 0 bridgehead atoms. The molecule has 0 saturated heterocycles. The van der Waals surface area contributed by atoms with Crippen LogP contribution in [0.3, 0.4) is 0 Å². The highest BCUT2D eigenvalue weighted by Gasteiger charge is 2.30. The minimum Gasteiger partial charge on any atom is -0.491 e. The lowest BCUT2D eigenvalue weighted by molar-refractivity contribution is -0.226. The molecule has 0 aliphatic rings. The second-order valence-corrected chi connectivity index (χ2v) is 1.40. The number of hydrogen-bond acceptors (Lipinski definition) is 2. The predicted octanol–water partition coefficient (Wildman–Crippen LogP) is 1.90. The fraction of sp³-hybridized carbons (Fsp3) is 0.333. The molecule has 0 spiro atoms. The third-order valence-corrected chi connectivity index (χ3v) is 0.625. The Morgan fingerprint density at radius 2 is 1.90 bits per heavy atom. The van der Waals surface area contributed by atoms with Crippen LogP contribution in [0.1, 0.15) is 0 Å². The van der Waals surface area contributed by atoms with Crippen molar-refractivity contribution in [3.8, 4) is 0 Å². The average molecular weight is 150 g/mol. The summed E-state index contributed by atoms with van der Waals surface area (Å²) in [5.74, 6) is 0. The monoisotopic (exact) mass is 150 g/mol. The van der Waals surface area contributed by atoms with Crippen LogP contribution in [0.5, 0.6) is 0 Å². The summed E-state index contributed by atoms with van der Waals surface area (Å²) in [5.41, 5.74) is 0. The first-order chi connectivity index (χ1) is 4.62. The highest BCUT2D eigenvalue weighted by atomic mass is 19.3. The standard InChI is InChI=1S/C6H8F2O2/c1-3-9-5-6(7,8)10-4-2/h3-4H,1-2,5H2. The molecule has 0 aliphatic carbocycles. The molecule has 0 unspecified atom stereocenters. The Balaban J connectivity index is 3.61. The second-order valence-electron chi connectivity index (χ2n) is 1.40. The number of alkyl halides is 2.